The zero-order chi connectivity index (χ0) is 14.3. The van der Waals surface area contributed by atoms with E-state index in [1.54, 1.807) is 18.7 Å². The second-order valence-electron chi connectivity index (χ2n) is 4.49. The molecule has 0 spiro atoms. The zero-order valence-electron chi connectivity index (χ0n) is 11.4. The molecular formula is C16H15N5. The Labute approximate surface area is 123 Å². The fourth-order valence-corrected chi connectivity index (χ4v) is 1.88. The van der Waals surface area contributed by atoms with E-state index >= 15 is 0 Å². The molecule has 3 rings (SSSR count). The molecule has 0 unspecified atom stereocenters. The summed E-state index contributed by atoms with van der Waals surface area (Å²) in [5.74, 6) is 1.54. The highest BCUT2D eigenvalue weighted by Gasteiger charge is 1.99. The van der Waals surface area contributed by atoms with Crippen molar-refractivity contribution in [1.29, 1.82) is 0 Å². The van der Waals surface area contributed by atoms with Gasteiger partial charge in [-0.15, -0.1) is 0 Å². The van der Waals surface area contributed by atoms with Crippen LogP contribution in [0.25, 0.3) is 0 Å². The molecule has 0 amide bonds. The first kappa shape index (κ1) is 13.1. The molecule has 0 aliphatic heterocycles. The Kier molecular flexibility index (Phi) is 4.02. The van der Waals surface area contributed by atoms with Crippen LogP contribution in [0.1, 0.15) is 5.56 Å². The van der Waals surface area contributed by atoms with Gasteiger partial charge in [-0.05, 0) is 29.8 Å². The first-order valence-corrected chi connectivity index (χ1v) is 6.67. The van der Waals surface area contributed by atoms with Crippen molar-refractivity contribution in [2.75, 3.05) is 10.6 Å². The average molecular weight is 277 g/mol. The van der Waals surface area contributed by atoms with Crippen LogP contribution in [0.3, 0.4) is 0 Å². The number of pyridine rings is 1. The molecule has 0 fully saturated rings. The SMILES string of the molecule is c1ccc(Nc2cc(NCc3ccncc3)ncn2)cc1. The van der Waals surface area contributed by atoms with Crippen LogP contribution in [0, 0.1) is 0 Å². The van der Waals surface area contributed by atoms with E-state index in [1.807, 2.05) is 48.5 Å². The van der Waals surface area contributed by atoms with E-state index in [0.717, 1.165) is 22.9 Å². The molecule has 1 aromatic carbocycles. The first-order valence-electron chi connectivity index (χ1n) is 6.67. The standard InChI is InChI=1S/C16H15N5/c1-2-4-14(5-3-1)21-16-10-15(19-12-20-16)18-11-13-6-8-17-9-7-13/h1-10,12H,11H2,(H2,18,19,20,21). The molecule has 0 bridgehead atoms. The summed E-state index contributed by atoms with van der Waals surface area (Å²) in [5.41, 5.74) is 2.15. The Bertz CT molecular complexity index is 685. The Hall–Kier alpha value is -2.95. The third-order valence-corrected chi connectivity index (χ3v) is 2.94. The van der Waals surface area contributed by atoms with Crippen LogP contribution >= 0.6 is 0 Å². The topological polar surface area (TPSA) is 62.7 Å². The van der Waals surface area contributed by atoms with E-state index in [9.17, 15) is 0 Å². The van der Waals surface area contributed by atoms with E-state index in [-0.39, 0.29) is 0 Å². The third-order valence-electron chi connectivity index (χ3n) is 2.94. The lowest BCUT2D eigenvalue weighted by atomic mass is 10.3. The minimum absolute atomic E-state index is 0.699. The summed E-state index contributed by atoms with van der Waals surface area (Å²) >= 11 is 0. The monoisotopic (exact) mass is 277 g/mol. The number of hydrogen-bond donors (Lipinski definition) is 2. The molecular weight excluding hydrogens is 262 g/mol. The van der Waals surface area contributed by atoms with Crippen LogP contribution in [0.5, 0.6) is 0 Å². The number of anilines is 3. The molecule has 21 heavy (non-hydrogen) atoms. The van der Waals surface area contributed by atoms with Crippen LogP contribution < -0.4 is 10.6 Å². The number of nitrogens with zero attached hydrogens (tertiary/aromatic N) is 3. The fraction of sp³-hybridized carbons (Fsp3) is 0.0625. The number of rotatable bonds is 5. The fourth-order valence-electron chi connectivity index (χ4n) is 1.88. The van der Waals surface area contributed by atoms with Gasteiger partial charge in [0.05, 0.1) is 0 Å². The highest BCUT2D eigenvalue weighted by molar-refractivity contribution is 5.58. The van der Waals surface area contributed by atoms with Crippen LogP contribution in [0.15, 0.2) is 67.3 Å². The Balaban J connectivity index is 1.66. The van der Waals surface area contributed by atoms with Crippen LogP contribution in [-0.2, 0) is 6.54 Å². The molecule has 2 heterocycles. The van der Waals surface area contributed by atoms with Gasteiger partial charge >= 0.3 is 0 Å². The third kappa shape index (κ3) is 3.76. The second kappa shape index (κ2) is 6.47. The van der Waals surface area contributed by atoms with Gasteiger partial charge in [-0.3, -0.25) is 4.98 Å². The summed E-state index contributed by atoms with van der Waals surface area (Å²) in [6.45, 7) is 0.699. The second-order valence-corrected chi connectivity index (χ2v) is 4.49. The summed E-state index contributed by atoms with van der Waals surface area (Å²) < 4.78 is 0. The quantitative estimate of drug-likeness (QED) is 0.749. The molecule has 0 saturated heterocycles. The van der Waals surface area contributed by atoms with Gasteiger partial charge in [0.25, 0.3) is 0 Å². The number of benzene rings is 1. The molecule has 104 valence electrons. The van der Waals surface area contributed by atoms with Crippen molar-refractivity contribution in [1.82, 2.24) is 15.0 Å². The number of para-hydroxylation sites is 1. The summed E-state index contributed by atoms with van der Waals surface area (Å²) in [6.07, 6.45) is 5.10. The minimum Gasteiger partial charge on any atom is -0.366 e. The largest absolute Gasteiger partial charge is 0.366 e. The molecule has 0 atom stereocenters. The highest BCUT2D eigenvalue weighted by atomic mass is 15.1. The van der Waals surface area contributed by atoms with Gasteiger partial charge in [0, 0.05) is 30.7 Å². The molecule has 5 heteroatoms. The van der Waals surface area contributed by atoms with E-state index < -0.39 is 0 Å². The van der Waals surface area contributed by atoms with E-state index in [1.165, 1.54) is 0 Å². The Morgan fingerprint density at radius 1 is 0.857 bits per heavy atom. The highest BCUT2D eigenvalue weighted by Crippen LogP contribution is 2.16. The zero-order valence-corrected chi connectivity index (χ0v) is 11.4. The maximum absolute atomic E-state index is 4.22. The first-order chi connectivity index (χ1) is 10.4. The lowest BCUT2D eigenvalue weighted by Crippen LogP contribution is -2.03. The minimum atomic E-state index is 0.699. The van der Waals surface area contributed by atoms with Gasteiger partial charge in [-0.1, -0.05) is 18.2 Å². The Morgan fingerprint density at radius 2 is 1.62 bits per heavy atom. The molecule has 2 aromatic heterocycles. The smallest absolute Gasteiger partial charge is 0.135 e. The van der Waals surface area contributed by atoms with Gasteiger partial charge < -0.3 is 10.6 Å². The molecule has 0 saturated carbocycles. The molecule has 0 radical (unpaired) electrons. The number of nitrogens with one attached hydrogen (secondary N) is 2. The maximum atomic E-state index is 4.22. The van der Waals surface area contributed by atoms with Gasteiger partial charge in [-0.2, -0.15) is 0 Å². The van der Waals surface area contributed by atoms with Crippen molar-refractivity contribution in [3.8, 4) is 0 Å². The van der Waals surface area contributed by atoms with E-state index in [4.69, 9.17) is 0 Å². The van der Waals surface area contributed by atoms with E-state index in [0.29, 0.717) is 6.54 Å². The van der Waals surface area contributed by atoms with Crippen molar-refractivity contribution in [3.63, 3.8) is 0 Å². The predicted molar refractivity (Wildman–Crippen MR) is 83.3 cm³/mol. The normalized spacial score (nSPS) is 10.1. The van der Waals surface area contributed by atoms with E-state index in [2.05, 4.69) is 25.6 Å². The number of aromatic nitrogens is 3. The van der Waals surface area contributed by atoms with Gasteiger partial charge in [-0.25, -0.2) is 9.97 Å². The Morgan fingerprint density at radius 3 is 2.43 bits per heavy atom. The maximum Gasteiger partial charge on any atom is 0.135 e. The van der Waals surface area contributed by atoms with Crippen molar-refractivity contribution in [3.05, 3.63) is 72.8 Å². The molecule has 3 aromatic rings. The van der Waals surface area contributed by atoms with Crippen LogP contribution in [0.4, 0.5) is 17.3 Å². The summed E-state index contributed by atoms with van der Waals surface area (Å²) in [5, 5.41) is 6.51. The predicted octanol–water partition coefficient (Wildman–Crippen LogP) is 3.23. The summed E-state index contributed by atoms with van der Waals surface area (Å²) in [4.78, 5) is 12.4. The lowest BCUT2D eigenvalue weighted by Gasteiger charge is -2.08. The molecule has 0 aliphatic carbocycles. The average Bonchev–Trinajstić information content (AvgIpc) is 2.55. The van der Waals surface area contributed by atoms with Gasteiger partial charge in [0.2, 0.25) is 0 Å². The molecule has 5 nitrogen and oxygen atoms in total. The lowest BCUT2D eigenvalue weighted by molar-refractivity contribution is 1.07. The van der Waals surface area contributed by atoms with Crippen LogP contribution in [-0.4, -0.2) is 15.0 Å². The number of hydrogen-bond acceptors (Lipinski definition) is 5. The molecule has 0 aliphatic rings. The van der Waals surface area contributed by atoms with Crippen molar-refractivity contribution >= 4 is 17.3 Å². The summed E-state index contributed by atoms with van der Waals surface area (Å²) in [7, 11) is 0. The van der Waals surface area contributed by atoms with Crippen molar-refractivity contribution in [2.24, 2.45) is 0 Å². The van der Waals surface area contributed by atoms with Crippen LogP contribution in [0.2, 0.25) is 0 Å². The summed E-state index contributed by atoms with van der Waals surface area (Å²) in [6, 6.07) is 15.7. The van der Waals surface area contributed by atoms with Gasteiger partial charge in [0.15, 0.2) is 0 Å². The molecule has 2 N–H and O–H groups in total. The van der Waals surface area contributed by atoms with Crippen molar-refractivity contribution in [2.45, 2.75) is 6.54 Å². The van der Waals surface area contributed by atoms with Crippen molar-refractivity contribution < 1.29 is 0 Å². The van der Waals surface area contributed by atoms with Gasteiger partial charge in [0.1, 0.15) is 18.0 Å².